The second-order valence-corrected chi connectivity index (χ2v) is 6.00. The van der Waals surface area contributed by atoms with Crippen LogP contribution in [0.1, 0.15) is 18.9 Å². The average Bonchev–Trinajstić information content (AvgIpc) is 2.93. The Balaban J connectivity index is 1.95. The Morgan fingerprint density at radius 2 is 2.10 bits per heavy atom. The standard InChI is InChI=1S/C17H22N2OS/c1-4-10-18-11-9-17-19-16(12-21-17)14-5-7-15(8-6-14)20-13(2)3/h4-8,12-13,18H,1,9-11H2,2-3H3. The van der Waals surface area contributed by atoms with Gasteiger partial charge in [-0.1, -0.05) is 6.08 Å². The molecule has 0 saturated heterocycles. The van der Waals surface area contributed by atoms with Crippen LogP contribution in [-0.4, -0.2) is 24.2 Å². The Hall–Kier alpha value is -1.65. The largest absolute Gasteiger partial charge is 0.491 e. The Labute approximate surface area is 130 Å². The average molecular weight is 302 g/mol. The van der Waals surface area contributed by atoms with Crippen LogP contribution >= 0.6 is 11.3 Å². The van der Waals surface area contributed by atoms with Crippen molar-refractivity contribution in [2.75, 3.05) is 13.1 Å². The number of ether oxygens (including phenoxy) is 1. The van der Waals surface area contributed by atoms with Gasteiger partial charge in [-0.25, -0.2) is 4.98 Å². The minimum Gasteiger partial charge on any atom is -0.491 e. The van der Waals surface area contributed by atoms with E-state index in [1.807, 2.05) is 32.1 Å². The molecule has 2 aromatic rings. The molecule has 0 aliphatic carbocycles. The van der Waals surface area contributed by atoms with Crippen LogP contribution in [-0.2, 0) is 6.42 Å². The van der Waals surface area contributed by atoms with Gasteiger partial charge in [-0.2, -0.15) is 0 Å². The zero-order chi connectivity index (χ0) is 15.1. The van der Waals surface area contributed by atoms with E-state index >= 15 is 0 Å². The van der Waals surface area contributed by atoms with Gasteiger partial charge in [0.1, 0.15) is 5.75 Å². The molecule has 0 spiro atoms. The SMILES string of the molecule is C=CCNCCc1nc(-c2ccc(OC(C)C)cc2)cs1. The lowest BCUT2D eigenvalue weighted by Gasteiger charge is -2.09. The first-order valence-corrected chi connectivity index (χ1v) is 8.10. The molecule has 1 aromatic carbocycles. The summed E-state index contributed by atoms with van der Waals surface area (Å²) >= 11 is 1.71. The van der Waals surface area contributed by atoms with Crippen LogP contribution in [0.3, 0.4) is 0 Å². The van der Waals surface area contributed by atoms with Gasteiger partial charge >= 0.3 is 0 Å². The Morgan fingerprint density at radius 1 is 1.33 bits per heavy atom. The zero-order valence-electron chi connectivity index (χ0n) is 12.6. The van der Waals surface area contributed by atoms with E-state index in [0.717, 1.165) is 41.5 Å². The molecule has 0 aliphatic heterocycles. The van der Waals surface area contributed by atoms with Crippen LogP contribution in [0.4, 0.5) is 0 Å². The highest BCUT2D eigenvalue weighted by Crippen LogP contribution is 2.24. The summed E-state index contributed by atoms with van der Waals surface area (Å²) in [4.78, 5) is 4.68. The van der Waals surface area contributed by atoms with Gasteiger partial charge in [0.15, 0.2) is 0 Å². The summed E-state index contributed by atoms with van der Waals surface area (Å²) < 4.78 is 5.65. The monoisotopic (exact) mass is 302 g/mol. The molecule has 2 rings (SSSR count). The molecule has 1 N–H and O–H groups in total. The number of benzene rings is 1. The summed E-state index contributed by atoms with van der Waals surface area (Å²) in [6.45, 7) is 9.52. The molecule has 1 heterocycles. The Morgan fingerprint density at radius 3 is 2.76 bits per heavy atom. The van der Waals surface area contributed by atoms with Crippen LogP contribution < -0.4 is 10.1 Å². The number of thiazole rings is 1. The lowest BCUT2D eigenvalue weighted by molar-refractivity contribution is 0.242. The van der Waals surface area contributed by atoms with E-state index in [-0.39, 0.29) is 6.10 Å². The van der Waals surface area contributed by atoms with E-state index < -0.39 is 0 Å². The molecular weight excluding hydrogens is 280 g/mol. The van der Waals surface area contributed by atoms with E-state index in [9.17, 15) is 0 Å². The fourth-order valence-corrected chi connectivity index (χ4v) is 2.74. The molecule has 0 saturated carbocycles. The Kier molecular flexibility index (Phi) is 5.96. The third-order valence-electron chi connectivity index (χ3n) is 2.88. The molecular formula is C17H22N2OS. The first-order chi connectivity index (χ1) is 10.2. The molecule has 0 bridgehead atoms. The number of nitrogens with one attached hydrogen (secondary N) is 1. The molecule has 4 heteroatoms. The van der Waals surface area contributed by atoms with Gasteiger partial charge in [-0.3, -0.25) is 0 Å². The van der Waals surface area contributed by atoms with Crippen LogP contribution in [0.15, 0.2) is 42.3 Å². The van der Waals surface area contributed by atoms with E-state index in [1.165, 1.54) is 0 Å². The van der Waals surface area contributed by atoms with Crippen LogP contribution in [0.5, 0.6) is 5.75 Å². The molecule has 0 unspecified atom stereocenters. The topological polar surface area (TPSA) is 34.2 Å². The minimum absolute atomic E-state index is 0.199. The second kappa shape index (κ2) is 7.96. The molecule has 0 amide bonds. The molecule has 0 atom stereocenters. The highest BCUT2D eigenvalue weighted by molar-refractivity contribution is 7.09. The van der Waals surface area contributed by atoms with E-state index in [1.54, 1.807) is 11.3 Å². The van der Waals surface area contributed by atoms with Gasteiger partial charge in [0.05, 0.1) is 16.8 Å². The highest BCUT2D eigenvalue weighted by Gasteiger charge is 2.05. The lowest BCUT2D eigenvalue weighted by atomic mass is 10.2. The van der Waals surface area contributed by atoms with E-state index in [0.29, 0.717) is 0 Å². The molecule has 0 fully saturated rings. The minimum atomic E-state index is 0.199. The maximum absolute atomic E-state index is 5.65. The zero-order valence-corrected chi connectivity index (χ0v) is 13.5. The van der Waals surface area contributed by atoms with E-state index in [4.69, 9.17) is 4.74 Å². The highest BCUT2D eigenvalue weighted by atomic mass is 32.1. The van der Waals surface area contributed by atoms with E-state index in [2.05, 4.69) is 34.4 Å². The van der Waals surface area contributed by atoms with Gasteiger partial charge < -0.3 is 10.1 Å². The van der Waals surface area contributed by atoms with Gasteiger partial charge in [0, 0.05) is 30.5 Å². The number of hydrogen-bond acceptors (Lipinski definition) is 4. The summed E-state index contributed by atoms with van der Waals surface area (Å²) in [6, 6.07) is 8.12. The maximum Gasteiger partial charge on any atom is 0.119 e. The molecule has 21 heavy (non-hydrogen) atoms. The van der Waals surface area contributed by atoms with Gasteiger partial charge in [-0.05, 0) is 38.1 Å². The molecule has 3 nitrogen and oxygen atoms in total. The van der Waals surface area contributed by atoms with Gasteiger partial charge in [-0.15, -0.1) is 17.9 Å². The number of nitrogens with zero attached hydrogens (tertiary/aromatic N) is 1. The fraction of sp³-hybridized carbons (Fsp3) is 0.353. The summed E-state index contributed by atoms with van der Waals surface area (Å²) in [7, 11) is 0. The van der Waals surface area contributed by atoms with Gasteiger partial charge in [0.25, 0.3) is 0 Å². The lowest BCUT2D eigenvalue weighted by Crippen LogP contribution is -2.16. The summed E-state index contributed by atoms with van der Waals surface area (Å²) in [6.07, 6.45) is 3.02. The van der Waals surface area contributed by atoms with Gasteiger partial charge in [0.2, 0.25) is 0 Å². The first kappa shape index (κ1) is 15.7. The molecule has 0 radical (unpaired) electrons. The normalized spacial score (nSPS) is 10.8. The van der Waals surface area contributed by atoms with Crippen molar-refractivity contribution in [3.8, 4) is 17.0 Å². The smallest absolute Gasteiger partial charge is 0.119 e. The summed E-state index contributed by atoms with van der Waals surface area (Å²) in [5, 5.41) is 6.56. The predicted molar refractivity (Wildman–Crippen MR) is 90.1 cm³/mol. The Bertz CT molecular complexity index is 560. The van der Waals surface area contributed by atoms with Crippen molar-refractivity contribution in [3.05, 3.63) is 47.3 Å². The number of rotatable bonds is 8. The van der Waals surface area contributed by atoms with Crippen molar-refractivity contribution in [1.82, 2.24) is 10.3 Å². The van der Waals surface area contributed by atoms with Crippen molar-refractivity contribution in [2.24, 2.45) is 0 Å². The second-order valence-electron chi connectivity index (χ2n) is 5.06. The third-order valence-corrected chi connectivity index (χ3v) is 3.79. The molecule has 112 valence electrons. The third kappa shape index (κ3) is 4.99. The number of aromatic nitrogens is 1. The maximum atomic E-state index is 5.65. The van der Waals surface area contributed by atoms with Crippen molar-refractivity contribution >= 4 is 11.3 Å². The van der Waals surface area contributed by atoms with Crippen LogP contribution in [0.25, 0.3) is 11.3 Å². The number of hydrogen-bond donors (Lipinski definition) is 1. The van der Waals surface area contributed by atoms with Crippen molar-refractivity contribution in [3.63, 3.8) is 0 Å². The fourth-order valence-electron chi connectivity index (χ4n) is 1.93. The molecule has 0 aliphatic rings. The predicted octanol–water partition coefficient (Wildman–Crippen LogP) is 3.92. The van der Waals surface area contributed by atoms with Crippen LogP contribution in [0, 0.1) is 0 Å². The van der Waals surface area contributed by atoms with Crippen molar-refractivity contribution in [2.45, 2.75) is 26.4 Å². The van der Waals surface area contributed by atoms with Crippen molar-refractivity contribution in [1.29, 1.82) is 0 Å². The van der Waals surface area contributed by atoms with Crippen molar-refractivity contribution < 1.29 is 4.74 Å². The first-order valence-electron chi connectivity index (χ1n) is 7.22. The van der Waals surface area contributed by atoms with Crippen LogP contribution in [0.2, 0.25) is 0 Å². The quantitative estimate of drug-likeness (QED) is 0.593. The summed E-state index contributed by atoms with van der Waals surface area (Å²) in [5.41, 5.74) is 2.17. The summed E-state index contributed by atoms with van der Waals surface area (Å²) in [5.74, 6) is 0.901. The molecule has 1 aromatic heterocycles.